The first kappa shape index (κ1) is 27.5. The van der Waals surface area contributed by atoms with Crippen molar-refractivity contribution in [2.45, 2.75) is 33.0 Å². The molecule has 4 rings (SSSR count). The minimum Gasteiger partial charge on any atom is -0.493 e. The molecule has 1 aliphatic heterocycles. The first-order chi connectivity index (χ1) is 18.0. The summed E-state index contributed by atoms with van der Waals surface area (Å²) in [4.78, 5) is 17.8. The van der Waals surface area contributed by atoms with E-state index in [1.807, 2.05) is 19.1 Å². The highest BCUT2D eigenvalue weighted by atomic mass is 16.5. The monoisotopic (exact) mass is 506 g/mol. The van der Waals surface area contributed by atoms with Gasteiger partial charge in [-0.05, 0) is 43.2 Å². The van der Waals surface area contributed by atoms with Gasteiger partial charge in [0.25, 0.3) is 0 Å². The maximum Gasteiger partial charge on any atom is 0.373 e. The number of methoxy groups -OCH3 is 3. The molecule has 196 valence electrons. The van der Waals surface area contributed by atoms with Gasteiger partial charge in [0.1, 0.15) is 12.4 Å². The lowest BCUT2D eigenvalue weighted by Crippen LogP contribution is -2.24. The summed E-state index contributed by atoms with van der Waals surface area (Å²) in [5, 5.41) is 0. The number of nitrogens with two attached hydrogens (primary N) is 1. The molecule has 3 aromatic rings. The topological polar surface area (TPSA) is 110 Å². The third-order valence-corrected chi connectivity index (χ3v) is 5.84. The third-order valence-electron chi connectivity index (χ3n) is 5.84. The van der Waals surface area contributed by atoms with Crippen LogP contribution in [0.25, 0.3) is 5.69 Å². The van der Waals surface area contributed by atoms with Crippen LogP contribution < -0.4 is 15.2 Å². The van der Waals surface area contributed by atoms with E-state index in [9.17, 15) is 4.79 Å². The van der Waals surface area contributed by atoms with E-state index in [-0.39, 0.29) is 11.9 Å². The molecule has 9 nitrogen and oxygen atoms in total. The van der Waals surface area contributed by atoms with Crippen LogP contribution in [-0.4, -0.2) is 50.6 Å². The molecule has 0 fully saturated rings. The van der Waals surface area contributed by atoms with E-state index in [4.69, 9.17) is 19.9 Å². The Morgan fingerprint density at radius 1 is 1.11 bits per heavy atom. The summed E-state index contributed by atoms with van der Waals surface area (Å²) in [5.41, 5.74) is 10.8. The van der Waals surface area contributed by atoms with Gasteiger partial charge in [-0.2, -0.15) is 0 Å². The number of fused-ring (bicyclic) bond motifs is 3. The van der Waals surface area contributed by atoms with Crippen molar-refractivity contribution in [3.05, 3.63) is 77.1 Å². The molecule has 0 spiro atoms. The first-order valence-corrected chi connectivity index (χ1v) is 12.0. The van der Waals surface area contributed by atoms with E-state index >= 15 is 0 Å². The fraction of sp³-hybridized carbons (Fsp3) is 0.321. The number of rotatable bonds is 6. The van der Waals surface area contributed by atoms with Gasteiger partial charge in [-0.1, -0.05) is 31.2 Å². The van der Waals surface area contributed by atoms with Gasteiger partial charge >= 0.3 is 5.97 Å². The van der Waals surface area contributed by atoms with Crippen LogP contribution in [0.2, 0.25) is 0 Å². The van der Waals surface area contributed by atoms with Gasteiger partial charge in [0.2, 0.25) is 5.84 Å². The normalized spacial score (nSPS) is 14.6. The minimum absolute atomic E-state index is 0.190. The summed E-state index contributed by atoms with van der Waals surface area (Å²) in [6, 6.07) is 16.7. The summed E-state index contributed by atoms with van der Waals surface area (Å²) in [5.74, 6) is 0.599. The SMILES string of the molecule is CCN=CN=C(N)C(=O)OC.CCc1ccc2c(c1)C(c1cccc(OC)c1OC)OCc1cccn1-2. The largest absolute Gasteiger partial charge is 0.493 e. The molecule has 0 saturated carbocycles. The summed E-state index contributed by atoms with van der Waals surface area (Å²) < 4.78 is 24.1. The first-order valence-electron chi connectivity index (χ1n) is 12.0. The summed E-state index contributed by atoms with van der Waals surface area (Å²) >= 11 is 0. The van der Waals surface area contributed by atoms with Gasteiger partial charge in [-0.15, -0.1) is 0 Å². The lowest BCUT2D eigenvalue weighted by Gasteiger charge is -2.22. The molecule has 0 saturated heterocycles. The fourth-order valence-electron chi connectivity index (χ4n) is 4.00. The molecule has 1 atom stereocenters. The smallest absolute Gasteiger partial charge is 0.373 e. The van der Waals surface area contributed by atoms with E-state index in [2.05, 4.69) is 68.8 Å². The number of carbonyl (C=O) groups is 1. The standard InChI is InChI=1S/C22H23NO3.C6H11N3O2/c1-4-15-10-11-19-18(13-15)21(26-14-16-7-6-12-23(16)19)17-8-5-9-20(24-2)22(17)25-3;1-3-8-4-9-5(7)6(10)11-2/h5-13,21H,4,14H2,1-3H3;4H,3H2,1-2H3,(H2,7,8,9). The van der Waals surface area contributed by atoms with Crippen LogP contribution in [0.4, 0.5) is 0 Å². The van der Waals surface area contributed by atoms with Gasteiger partial charge in [0, 0.05) is 29.6 Å². The molecule has 2 heterocycles. The number of esters is 1. The number of nitrogens with zero attached hydrogens (tertiary/aromatic N) is 3. The number of aromatic nitrogens is 1. The Morgan fingerprint density at radius 3 is 2.59 bits per heavy atom. The second-order valence-electron chi connectivity index (χ2n) is 8.01. The number of hydrogen-bond acceptors (Lipinski definition) is 6. The molecule has 2 aromatic carbocycles. The number of para-hydroxylation sites is 1. The van der Waals surface area contributed by atoms with Gasteiger partial charge in [-0.25, -0.2) is 9.79 Å². The van der Waals surface area contributed by atoms with Crippen LogP contribution in [0.1, 0.15) is 42.3 Å². The molecule has 0 amide bonds. The Labute approximate surface area is 217 Å². The molecule has 0 bridgehead atoms. The maximum atomic E-state index is 10.6. The number of aliphatic imine (C=N–C) groups is 2. The highest BCUT2D eigenvalue weighted by molar-refractivity contribution is 6.35. The van der Waals surface area contributed by atoms with Crippen molar-refractivity contribution in [2.24, 2.45) is 15.7 Å². The molecule has 1 aliphatic rings. The minimum atomic E-state index is -0.646. The van der Waals surface area contributed by atoms with E-state index < -0.39 is 5.97 Å². The summed E-state index contributed by atoms with van der Waals surface area (Å²) in [6.07, 6.45) is 4.08. The zero-order valence-electron chi connectivity index (χ0n) is 21.9. The Bertz CT molecular complexity index is 1270. The van der Waals surface area contributed by atoms with Crippen LogP contribution in [-0.2, 0) is 27.3 Å². The average molecular weight is 507 g/mol. The Morgan fingerprint density at radius 2 is 1.92 bits per heavy atom. The van der Waals surface area contributed by atoms with Crippen LogP contribution in [0.3, 0.4) is 0 Å². The second kappa shape index (κ2) is 13.3. The van der Waals surface area contributed by atoms with E-state index in [1.165, 1.54) is 19.0 Å². The molecule has 0 aliphatic carbocycles. The van der Waals surface area contributed by atoms with Crippen molar-refractivity contribution in [2.75, 3.05) is 27.9 Å². The zero-order chi connectivity index (χ0) is 26.8. The van der Waals surface area contributed by atoms with Crippen LogP contribution >= 0.6 is 0 Å². The number of hydrogen-bond donors (Lipinski definition) is 1. The summed E-state index contributed by atoms with van der Waals surface area (Å²) in [6.45, 7) is 5.16. The average Bonchev–Trinajstić information content (AvgIpc) is 3.35. The van der Waals surface area contributed by atoms with E-state index in [0.29, 0.717) is 18.9 Å². The Hall–Kier alpha value is -4.11. The van der Waals surface area contributed by atoms with Crippen molar-refractivity contribution in [3.8, 4) is 17.2 Å². The maximum absolute atomic E-state index is 10.6. The Balaban J connectivity index is 0.000000295. The van der Waals surface area contributed by atoms with Crippen LogP contribution in [0.5, 0.6) is 11.5 Å². The van der Waals surface area contributed by atoms with Crippen molar-refractivity contribution < 1.29 is 23.7 Å². The fourth-order valence-corrected chi connectivity index (χ4v) is 4.00. The van der Waals surface area contributed by atoms with Crippen molar-refractivity contribution in [3.63, 3.8) is 0 Å². The number of ether oxygens (including phenoxy) is 4. The number of benzene rings is 2. The Kier molecular flexibility index (Phi) is 9.85. The molecule has 0 radical (unpaired) electrons. The third kappa shape index (κ3) is 6.37. The number of aryl methyl sites for hydroxylation is 1. The molecule has 1 aromatic heterocycles. The molecular formula is C28H34N4O5. The zero-order valence-corrected chi connectivity index (χ0v) is 21.9. The second-order valence-corrected chi connectivity index (χ2v) is 8.01. The van der Waals surface area contributed by atoms with Gasteiger partial charge in [0.15, 0.2) is 11.5 Å². The van der Waals surface area contributed by atoms with Gasteiger partial charge < -0.3 is 29.2 Å². The molecule has 37 heavy (non-hydrogen) atoms. The van der Waals surface area contributed by atoms with Crippen molar-refractivity contribution in [1.82, 2.24) is 4.57 Å². The van der Waals surface area contributed by atoms with Gasteiger partial charge in [0.05, 0.1) is 33.6 Å². The summed E-state index contributed by atoms with van der Waals surface area (Å²) in [7, 11) is 4.57. The predicted molar refractivity (Wildman–Crippen MR) is 144 cm³/mol. The van der Waals surface area contributed by atoms with Gasteiger partial charge in [-0.3, -0.25) is 4.99 Å². The molecule has 2 N–H and O–H groups in total. The van der Waals surface area contributed by atoms with Crippen LogP contribution in [0.15, 0.2) is 64.7 Å². The lowest BCUT2D eigenvalue weighted by atomic mass is 9.96. The van der Waals surface area contributed by atoms with Crippen molar-refractivity contribution in [1.29, 1.82) is 0 Å². The van der Waals surface area contributed by atoms with E-state index in [1.54, 1.807) is 14.2 Å². The number of carbonyl (C=O) groups excluding carboxylic acids is 1. The quantitative estimate of drug-likeness (QED) is 0.304. The lowest BCUT2D eigenvalue weighted by molar-refractivity contribution is -0.132. The highest BCUT2D eigenvalue weighted by Crippen LogP contribution is 2.42. The number of amidine groups is 1. The molecule has 1 unspecified atom stereocenters. The predicted octanol–water partition coefficient (Wildman–Crippen LogP) is 4.24. The highest BCUT2D eigenvalue weighted by Gasteiger charge is 2.28. The van der Waals surface area contributed by atoms with Crippen molar-refractivity contribution >= 4 is 18.1 Å². The van der Waals surface area contributed by atoms with E-state index in [0.717, 1.165) is 34.7 Å². The molecule has 9 heteroatoms. The molecular weight excluding hydrogens is 472 g/mol. The van der Waals surface area contributed by atoms with Crippen LogP contribution in [0, 0.1) is 0 Å².